The van der Waals surface area contributed by atoms with Crippen molar-refractivity contribution in [2.24, 2.45) is 0 Å². The second-order valence-electron chi connectivity index (χ2n) is 4.90. The molecule has 3 heteroatoms. The van der Waals surface area contributed by atoms with Crippen molar-refractivity contribution in [2.45, 2.75) is 19.4 Å². The first kappa shape index (κ1) is 12.4. The summed E-state index contributed by atoms with van der Waals surface area (Å²) in [5, 5.41) is 4.31. The Morgan fingerprint density at radius 2 is 2.11 bits per heavy atom. The minimum absolute atomic E-state index is 0.291. The maximum atomic E-state index is 6.22. The molecule has 3 rings (SSSR count). The van der Waals surface area contributed by atoms with Crippen LogP contribution in [0.5, 0.6) is 5.75 Å². The molecule has 0 saturated carbocycles. The summed E-state index contributed by atoms with van der Waals surface area (Å²) in [6.45, 7) is 2.07. The van der Waals surface area contributed by atoms with Gasteiger partial charge >= 0.3 is 0 Å². The summed E-state index contributed by atoms with van der Waals surface area (Å²) in [5.74, 6) is 0.928. The van der Waals surface area contributed by atoms with Crippen LogP contribution in [0.1, 0.15) is 22.7 Å². The van der Waals surface area contributed by atoms with Gasteiger partial charge in [-0.25, -0.2) is 0 Å². The predicted molar refractivity (Wildman–Crippen MR) is 79.3 cm³/mol. The molecule has 0 spiro atoms. The quantitative estimate of drug-likeness (QED) is 0.877. The second-order valence-corrected chi connectivity index (χ2v) is 5.31. The fraction of sp³-hybridized carbons (Fsp3) is 0.250. The Labute approximate surface area is 118 Å². The van der Waals surface area contributed by atoms with E-state index in [4.69, 9.17) is 16.3 Å². The number of benzene rings is 2. The van der Waals surface area contributed by atoms with Crippen molar-refractivity contribution >= 4 is 17.3 Å². The molecule has 19 heavy (non-hydrogen) atoms. The Hall–Kier alpha value is -1.67. The molecule has 1 unspecified atom stereocenters. The fourth-order valence-corrected chi connectivity index (χ4v) is 2.91. The Morgan fingerprint density at radius 3 is 2.79 bits per heavy atom. The minimum atomic E-state index is 0.291. The van der Waals surface area contributed by atoms with Crippen molar-refractivity contribution in [3.8, 4) is 5.75 Å². The lowest BCUT2D eigenvalue weighted by molar-refractivity contribution is 0.411. The number of anilines is 1. The maximum absolute atomic E-state index is 6.22. The SMILES string of the molecule is COc1ccc(C2Cc3cccc(Cl)c3N2)cc1C. The summed E-state index contributed by atoms with van der Waals surface area (Å²) in [4.78, 5) is 0. The molecule has 0 amide bonds. The number of methoxy groups -OCH3 is 1. The summed E-state index contributed by atoms with van der Waals surface area (Å²) in [6, 6.07) is 12.7. The summed E-state index contributed by atoms with van der Waals surface area (Å²) < 4.78 is 5.30. The molecule has 2 nitrogen and oxygen atoms in total. The molecule has 0 aliphatic carbocycles. The number of rotatable bonds is 2. The van der Waals surface area contributed by atoms with Gasteiger partial charge in [-0.1, -0.05) is 35.9 Å². The number of aryl methyl sites for hydroxylation is 1. The first-order valence-electron chi connectivity index (χ1n) is 6.37. The van der Waals surface area contributed by atoms with Crippen molar-refractivity contribution in [3.05, 3.63) is 58.1 Å². The zero-order valence-electron chi connectivity index (χ0n) is 11.0. The molecular formula is C16H16ClNO. The van der Waals surface area contributed by atoms with Gasteiger partial charge in [-0.3, -0.25) is 0 Å². The van der Waals surface area contributed by atoms with Gasteiger partial charge in [0.1, 0.15) is 5.75 Å². The molecule has 1 N–H and O–H groups in total. The minimum Gasteiger partial charge on any atom is -0.496 e. The number of fused-ring (bicyclic) bond motifs is 1. The molecular weight excluding hydrogens is 258 g/mol. The lowest BCUT2D eigenvalue weighted by atomic mass is 10.0. The van der Waals surface area contributed by atoms with Crippen LogP contribution >= 0.6 is 11.6 Å². The first-order chi connectivity index (χ1) is 9.19. The van der Waals surface area contributed by atoms with Crippen LogP contribution in [0.4, 0.5) is 5.69 Å². The highest BCUT2D eigenvalue weighted by molar-refractivity contribution is 6.33. The van der Waals surface area contributed by atoms with E-state index in [1.165, 1.54) is 11.1 Å². The molecule has 1 aliphatic rings. The lowest BCUT2D eigenvalue weighted by Crippen LogP contribution is -2.06. The summed E-state index contributed by atoms with van der Waals surface area (Å²) in [6.07, 6.45) is 0.974. The van der Waals surface area contributed by atoms with E-state index in [-0.39, 0.29) is 0 Å². The lowest BCUT2D eigenvalue weighted by Gasteiger charge is -2.14. The van der Waals surface area contributed by atoms with E-state index in [0.717, 1.165) is 28.4 Å². The van der Waals surface area contributed by atoms with E-state index in [2.05, 4.69) is 30.4 Å². The number of para-hydroxylation sites is 1. The molecule has 98 valence electrons. The number of hydrogen-bond acceptors (Lipinski definition) is 2. The third kappa shape index (κ3) is 2.17. The van der Waals surface area contributed by atoms with Gasteiger partial charge in [0.15, 0.2) is 0 Å². The smallest absolute Gasteiger partial charge is 0.121 e. The Morgan fingerprint density at radius 1 is 1.26 bits per heavy atom. The predicted octanol–water partition coefficient (Wildman–Crippen LogP) is 4.37. The molecule has 0 saturated heterocycles. The van der Waals surface area contributed by atoms with Crippen LogP contribution in [0.2, 0.25) is 5.02 Å². The number of hydrogen-bond donors (Lipinski definition) is 1. The standard InChI is InChI=1S/C16H16ClNO/c1-10-8-11(6-7-15(10)19-2)14-9-12-4-3-5-13(17)16(12)18-14/h3-8,14,18H,9H2,1-2H3. The second kappa shape index (κ2) is 4.78. The van der Waals surface area contributed by atoms with Crippen LogP contribution in [-0.4, -0.2) is 7.11 Å². The zero-order valence-corrected chi connectivity index (χ0v) is 11.8. The fourth-order valence-electron chi connectivity index (χ4n) is 2.67. The molecule has 1 aliphatic heterocycles. The molecule has 2 aromatic rings. The van der Waals surface area contributed by atoms with Gasteiger partial charge in [-0.15, -0.1) is 0 Å². The highest BCUT2D eigenvalue weighted by Crippen LogP contribution is 2.39. The maximum Gasteiger partial charge on any atom is 0.121 e. The van der Waals surface area contributed by atoms with E-state index in [9.17, 15) is 0 Å². The summed E-state index contributed by atoms with van der Waals surface area (Å²) in [7, 11) is 1.70. The van der Waals surface area contributed by atoms with E-state index in [1.807, 2.05) is 18.2 Å². The van der Waals surface area contributed by atoms with Gasteiger partial charge < -0.3 is 10.1 Å². The van der Waals surface area contributed by atoms with E-state index in [0.29, 0.717) is 6.04 Å². The van der Waals surface area contributed by atoms with Crippen LogP contribution in [0.3, 0.4) is 0 Å². The Balaban J connectivity index is 1.91. The van der Waals surface area contributed by atoms with Crippen LogP contribution in [0.25, 0.3) is 0 Å². The zero-order chi connectivity index (χ0) is 13.4. The van der Waals surface area contributed by atoms with Gasteiger partial charge in [-0.05, 0) is 42.2 Å². The van der Waals surface area contributed by atoms with Gasteiger partial charge in [0, 0.05) is 0 Å². The van der Waals surface area contributed by atoms with Crippen molar-refractivity contribution in [1.29, 1.82) is 0 Å². The van der Waals surface area contributed by atoms with Crippen molar-refractivity contribution in [2.75, 3.05) is 12.4 Å². The van der Waals surface area contributed by atoms with Crippen molar-refractivity contribution in [1.82, 2.24) is 0 Å². The average Bonchev–Trinajstić information content (AvgIpc) is 2.84. The largest absolute Gasteiger partial charge is 0.496 e. The van der Waals surface area contributed by atoms with E-state index < -0.39 is 0 Å². The number of ether oxygens (including phenoxy) is 1. The van der Waals surface area contributed by atoms with Gasteiger partial charge in [0.05, 0.1) is 23.9 Å². The molecule has 0 bridgehead atoms. The van der Waals surface area contributed by atoms with Gasteiger partial charge in [0.25, 0.3) is 0 Å². The van der Waals surface area contributed by atoms with E-state index >= 15 is 0 Å². The topological polar surface area (TPSA) is 21.3 Å². The molecule has 0 aromatic heterocycles. The number of nitrogens with one attached hydrogen (secondary N) is 1. The highest BCUT2D eigenvalue weighted by atomic mass is 35.5. The third-order valence-corrected chi connectivity index (χ3v) is 3.98. The Bertz CT molecular complexity index is 624. The van der Waals surface area contributed by atoms with Crippen LogP contribution in [0.15, 0.2) is 36.4 Å². The molecule has 2 aromatic carbocycles. The normalized spacial score (nSPS) is 16.9. The van der Waals surface area contributed by atoms with Crippen LogP contribution in [0, 0.1) is 6.92 Å². The number of halogens is 1. The monoisotopic (exact) mass is 273 g/mol. The molecule has 1 atom stereocenters. The molecule has 0 fully saturated rings. The van der Waals surface area contributed by atoms with E-state index in [1.54, 1.807) is 7.11 Å². The molecule has 1 heterocycles. The molecule has 0 radical (unpaired) electrons. The Kier molecular flexibility index (Phi) is 3.11. The highest BCUT2D eigenvalue weighted by Gasteiger charge is 2.23. The van der Waals surface area contributed by atoms with Gasteiger partial charge in [0.2, 0.25) is 0 Å². The van der Waals surface area contributed by atoms with Gasteiger partial charge in [-0.2, -0.15) is 0 Å². The van der Waals surface area contributed by atoms with Crippen molar-refractivity contribution < 1.29 is 4.74 Å². The summed E-state index contributed by atoms with van der Waals surface area (Å²) >= 11 is 6.22. The first-order valence-corrected chi connectivity index (χ1v) is 6.75. The van der Waals surface area contributed by atoms with Crippen LogP contribution < -0.4 is 10.1 Å². The van der Waals surface area contributed by atoms with Crippen molar-refractivity contribution in [3.63, 3.8) is 0 Å². The third-order valence-electron chi connectivity index (χ3n) is 3.66. The van der Waals surface area contributed by atoms with Crippen LogP contribution in [-0.2, 0) is 6.42 Å². The summed E-state index contributed by atoms with van der Waals surface area (Å²) in [5.41, 5.74) is 4.78. The average molecular weight is 274 g/mol.